The summed E-state index contributed by atoms with van der Waals surface area (Å²) < 4.78 is 26.0. The van der Waals surface area contributed by atoms with Crippen LogP contribution in [0.4, 0.5) is 0 Å². The van der Waals surface area contributed by atoms with Crippen LogP contribution in [0.15, 0.2) is 22.8 Å². The van der Waals surface area contributed by atoms with Gasteiger partial charge in [-0.15, -0.1) is 0 Å². The Bertz CT molecular complexity index is 790. The van der Waals surface area contributed by atoms with E-state index in [4.69, 9.17) is 11.6 Å². The zero-order valence-corrected chi connectivity index (χ0v) is 21.5. The molecule has 0 radical (unpaired) electrons. The minimum absolute atomic E-state index is 0.0658. The summed E-state index contributed by atoms with van der Waals surface area (Å²) in [5.74, 6) is 0.568. The van der Waals surface area contributed by atoms with Gasteiger partial charge in [-0.05, 0) is 77.7 Å². The first-order valence-electron chi connectivity index (χ1n) is 11.7. The Hall–Kier alpha value is -0.850. The third-order valence-corrected chi connectivity index (χ3v) is 9.13. The summed E-state index contributed by atoms with van der Waals surface area (Å²) in [5.41, 5.74) is 1.50. The summed E-state index contributed by atoms with van der Waals surface area (Å²) in [6.45, 7) is 9.82. The Kier molecular flexibility index (Phi) is 9.24. The molecule has 1 unspecified atom stereocenters. The lowest BCUT2D eigenvalue weighted by Crippen LogP contribution is -2.53. The fourth-order valence-electron chi connectivity index (χ4n) is 4.47. The molecule has 1 amide bonds. The van der Waals surface area contributed by atoms with E-state index in [0.717, 1.165) is 37.1 Å². The molecule has 2 aliphatic carbocycles. The number of rotatable bonds is 11. The van der Waals surface area contributed by atoms with Gasteiger partial charge >= 0.3 is 0 Å². The average Bonchev–Trinajstić information content (AvgIpc) is 2.60. The number of amides is 1. The minimum Gasteiger partial charge on any atom is -0.352 e. The van der Waals surface area contributed by atoms with Gasteiger partial charge in [-0.3, -0.25) is 4.79 Å². The molecule has 0 spiro atoms. The number of carbonyl (C=O) groups excluding carboxylic acids is 1. The van der Waals surface area contributed by atoms with E-state index >= 15 is 0 Å². The standard InChI is InChI=1S/C24H41ClN2O3S/c1-18(2)17-21(24(14-8-15-24)19-10-12-20(25)13-11-19)27-22(28)9-6-7-16-26-31(29,30)23(3,4)5/h10,12,18,21,26H,6-9,11,13-17H2,1-5H3,(H,27,28). The number of nitrogens with one attached hydrogen (secondary N) is 2. The summed E-state index contributed by atoms with van der Waals surface area (Å²) in [5, 5.41) is 4.27. The van der Waals surface area contributed by atoms with Crippen LogP contribution in [0, 0.1) is 11.3 Å². The van der Waals surface area contributed by atoms with Crippen LogP contribution in [0.2, 0.25) is 0 Å². The normalized spacial score (nSPS) is 20.0. The Labute approximate surface area is 194 Å². The van der Waals surface area contributed by atoms with Gasteiger partial charge in [0, 0.05) is 29.5 Å². The maximum absolute atomic E-state index is 12.8. The van der Waals surface area contributed by atoms with Crippen LogP contribution < -0.4 is 10.0 Å². The topological polar surface area (TPSA) is 75.3 Å². The smallest absolute Gasteiger partial charge is 0.220 e. The molecular formula is C24H41ClN2O3S. The maximum atomic E-state index is 12.8. The monoisotopic (exact) mass is 472 g/mol. The molecule has 2 rings (SSSR count). The molecule has 0 aromatic rings. The Balaban J connectivity index is 1.92. The Morgan fingerprint density at radius 2 is 1.84 bits per heavy atom. The number of sulfonamides is 1. The molecule has 7 heteroatoms. The average molecular weight is 473 g/mol. The van der Waals surface area contributed by atoms with Crippen LogP contribution >= 0.6 is 11.6 Å². The van der Waals surface area contributed by atoms with Gasteiger partial charge in [-0.25, -0.2) is 13.1 Å². The van der Waals surface area contributed by atoms with Gasteiger partial charge < -0.3 is 5.32 Å². The Morgan fingerprint density at radius 3 is 2.32 bits per heavy atom. The minimum atomic E-state index is -3.33. The first-order chi connectivity index (χ1) is 14.4. The summed E-state index contributed by atoms with van der Waals surface area (Å²) in [6.07, 6.45) is 12.2. The quantitative estimate of drug-likeness (QED) is 0.394. The van der Waals surface area contributed by atoms with Crippen molar-refractivity contribution in [2.24, 2.45) is 11.3 Å². The number of unbranched alkanes of at least 4 members (excludes halogenated alkanes) is 1. The van der Waals surface area contributed by atoms with E-state index in [1.165, 1.54) is 12.0 Å². The van der Waals surface area contributed by atoms with Gasteiger partial charge in [0.05, 0.1) is 4.75 Å². The molecule has 1 atom stereocenters. The predicted molar refractivity (Wildman–Crippen MR) is 129 cm³/mol. The van der Waals surface area contributed by atoms with Gasteiger partial charge in [-0.2, -0.15) is 0 Å². The van der Waals surface area contributed by atoms with Crippen molar-refractivity contribution in [1.29, 1.82) is 0 Å². The highest BCUT2D eigenvalue weighted by molar-refractivity contribution is 7.90. The first-order valence-corrected chi connectivity index (χ1v) is 13.6. The van der Waals surface area contributed by atoms with Crippen LogP contribution in [0.3, 0.4) is 0 Å². The molecule has 2 N–H and O–H groups in total. The molecule has 0 aromatic heterocycles. The third-order valence-electron chi connectivity index (χ3n) is 6.62. The molecule has 1 fully saturated rings. The SMILES string of the molecule is CC(C)CC(NC(=O)CCCCNS(=O)(=O)C(C)(C)C)C1(C2=CC=C(Cl)CC2)CCC1. The van der Waals surface area contributed by atoms with E-state index < -0.39 is 14.8 Å². The number of carbonyl (C=O) groups is 1. The molecule has 178 valence electrons. The van der Waals surface area contributed by atoms with E-state index in [9.17, 15) is 13.2 Å². The van der Waals surface area contributed by atoms with Crippen LogP contribution in [0.25, 0.3) is 0 Å². The summed E-state index contributed by atoms with van der Waals surface area (Å²) >= 11 is 6.18. The van der Waals surface area contributed by atoms with Crippen LogP contribution in [-0.4, -0.2) is 31.7 Å². The van der Waals surface area contributed by atoms with Gasteiger partial charge in [0.1, 0.15) is 0 Å². The molecule has 5 nitrogen and oxygen atoms in total. The van der Waals surface area contributed by atoms with Gasteiger partial charge in [0.15, 0.2) is 0 Å². The van der Waals surface area contributed by atoms with Crippen molar-refractivity contribution in [2.75, 3.05) is 6.54 Å². The zero-order chi connectivity index (χ0) is 23.3. The summed E-state index contributed by atoms with van der Waals surface area (Å²) in [6, 6.07) is 0.143. The summed E-state index contributed by atoms with van der Waals surface area (Å²) in [4.78, 5) is 12.8. The van der Waals surface area contributed by atoms with Crippen LogP contribution in [0.5, 0.6) is 0 Å². The van der Waals surface area contributed by atoms with Gasteiger partial charge in [-0.1, -0.05) is 43.5 Å². The van der Waals surface area contributed by atoms with Crippen molar-refractivity contribution in [3.63, 3.8) is 0 Å². The number of allylic oxidation sites excluding steroid dienone is 3. The lowest BCUT2D eigenvalue weighted by molar-refractivity contribution is -0.123. The fourth-order valence-corrected chi connectivity index (χ4v) is 5.48. The number of hydrogen-bond acceptors (Lipinski definition) is 3. The van der Waals surface area contributed by atoms with E-state index in [-0.39, 0.29) is 17.4 Å². The highest BCUT2D eigenvalue weighted by Gasteiger charge is 2.47. The van der Waals surface area contributed by atoms with Crippen LogP contribution in [0.1, 0.15) is 92.4 Å². The number of hydrogen-bond donors (Lipinski definition) is 2. The van der Waals surface area contributed by atoms with E-state index in [2.05, 4.69) is 30.0 Å². The van der Waals surface area contributed by atoms with Crippen molar-refractivity contribution >= 4 is 27.5 Å². The third kappa shape index (κ3) is 7.06. The fraction of sp³-hybridized carbons (Fsp3) is 0.792. The second-order valence-corrected chi connectivity index (χ2v) is 13.5. The lowest BCUT2D eigenvalue weighted by atomic mass is 9.57. The maximum Gasteiger partial charge on any atom is 0.220 e. The van der Waals surface area contributed by atoms with Gasteiger partial charge in [0.25, 0.3) is 0 Å². The second-order valence-electron chi connectivity index (χ2n) is 10.5. The van der Waals surface area contributed by atoms with Crippen molar-refractivity contribution in [2.45, 2.75) is 103 Å². The van der Waals surface area contributed by atoms with Crippen molar-refractivity contribution in [3.05, 3.63) is 22.8 Å². The molecule has 2 aliphatic rings. The highest BCUT2D eigenvalue weighted by Crippen LogP contribution is 2.53. The van der Waals surface area contributed by atoms with E-state index in [1.54, 1.807) is 20.8 Å². The molecular weight excluding hydrogens is 432 g/mol. The molecule has 0 saturated heterocycles. The van der Waals surface area contributed by atoms with Crippen molar-refractivity contribution < 1.29 is 13.2 Å². The molecule has 31 heavy (non-hydrogen) atoms. The van der Waals surface area contributed by atoms with Crippen LogP contribution in [-0.2, 0) is 14.8 Å². The largest absolute Gasteiger partial charge is 0.352 e. The van der Waals surface area contributed by atoms with E-state index in [1.807, 2.05) is 6.08 Å². The lowest BCUT2D eigenvalue weighted by Gasteiger charge is -2.51. The van der Waals surface area contributed by atoms with Crippen molar-refractivity contribution in [3.8, 4) is 0 Å². The number of halogens is 1. The highest BCUT2D eigenvalue weighted by atomic mass is 35.5. The molecule has 0 aliphatic heterocycles. The molecule has 1 saturated carbocycles. The predicted octanol–water partition coefficient (Wildman–Crippen LogP) is 5.42. The van der Waals surface area contributed by atoms with E-state index in [0.29, 0.717) is 31.7 Å². The van der Waals surface area contributed by atoms with Gasteiger partial charge in [0.2, 0.25) is 15.9 Å². The Morgan fingerprint density at radius 1 is 1.16 bits per heavy atom. The van der Waals surface area contributed by atoms with Crippen molar-refractivity contribution in [1.82, 2.24) is 10.0 Å². The summed E-state index contributed by atoms with van der Waals surface area (Å²) in [7, 11) is -3.33. The molecule has 0 bridgehead atoms. The second kappa shape index (κ2) is 10.8. The molecule has 0 aromatic carbocycles. The zero-order valence-electron chi connectivity index (χ0n) is 19.9. The molecule has 0 heterocycles. The first kappa shape index (κ1) is 26.4.